The fourth-order valence-electron chi connectivity index (χ4n) is 3.82. The number of thiazole rings is 2. The molecule has 27 heavy (non-hydrogen) atoms. The number of aromatic nitrogens is 2. The summed E-state index contributed by atoms with van der Waals surface area (Å²) in [5.74, 6) is 0. The van der Waals surface area contributed by atoms with Gasteiger partial charge in [-0.3, -0.25) is 4.90 Å². The smallest absolute Gasteiger partial charge is 0.123 e. The number of hydrogen-bond donors (Lipinski definition) is 0. The van der Waals surface area contributed by atoms with Crippen LogP contribution in [0.25, 0.3) is 20.8 Å². The molecule has 0 amide bonds. The summed E-state index contributed by atoms with van der Waals surface area (Å²) in [6.45, 7) is 4.46. The molecule has 2 aromatic heterocycles. The van der Waals surface area contributed by atoms with Gasteiger partial charge in [-0.2, -0.15) is 0 Å². The molecule has 1 aliphatic rings. The lowest BCUT2D eigenvalue weighted by Gasteiger charge is -2.27. The third kappa shape index (κ3) is 3.31. The van der Waals surface area contributed by atoms with Crippen molar-refractivity contribution in [2.24, 2.45) is 0 Å². The Bertz CT molecular complexity index is 1040. The molecule has 0 fully saturated rings. The van der Waals surface area contributed by atoms with Gasteiger partial charge in [0.05, 0.1) is 21.4 Å². The fraction of sp³-hybridized carbons (Fsp3) is 0.273. The van der Waals surface area contributed by atoms with Crippen molar-refractivity contribution in [3.63, 3.8) is 0 Å². The van der Waals surface area contributed by atoms with Crippen molar-refractivity contribution >= 4 is 32.9 Å². The molecule has 1 atom stereocenters. The zero-order valence-corrected chi connectivity index (χ0v) is 16.9. The Labute approximate surface area is 167 Å². The highest BCUT2D eigenvalue weighted by atomic mass is 32.1. The zero-order chi connectivity index (χ0) is 18.2. The van der Waals surface area contributed by atoms with Crippen LogP contribution in [0.15, 0.2) is 54.0 Å². The first kappa shape index (κ1) is 17.0. The molecule has 0 aliphatic carbocycles. The molecule has 0 N–H and O–H groups in total. The zero-order valence-electron chi connectivity index (χ0n) is 15.3. The van der Waals surface area contributed by atoms with Crippen LogP contribution in [0.3, 0.4) is 0 Å². The van der Waals surface area contributed by atoms with Gasteiger partial charge in [-0.05, 0) is 31.0 Å². The summed E-state index contributed by atoms with van der Waals surface area (Å²) in [5, 5.41) is 1.16. The Balaban J connectivity index is 1.34. The Morgan fingerprint density at radius 3 is 2.78 bits per heavy atom. The highest BCUT2D eigenvalue weighted by Crippen LogP contribution is 2.32. The van der Waals surface area contributed by atoms with Gasteiger partial charge < -0.3 is 0 Å². The second kappa shape index (κ2) is 7.15. The third-order valence-electron chi connectivity index (χ3n) is 5.45. The summed E-state index contributed by atoms with van der Waals surface area (Å²) in [4.78, 5) is 13.5. The van der Waals surface area contributed by atoms with Crippen LogP contribution in [0.4, 0.5) is 0 Å². The second-order valence-electron chi connectivity index (χ2n) is 7.05. The summed E-state index contributed by atoms with van der Waals surface area (Å²) in [6.07, 6.45) is 2.12. The van der Waals surface area contributed by atoms with Crippen molar-refractivity contribution in [2.45, 2.75) is 25.8 Å². The first-order valence-corrected chi connectivity index (χ1v) is 11.1. The average molecular weight is 392 g/mol. The predicted molar refractivity (Wildman–Crippen MR) is 115 cm³/mol. The van der Waals surface area contributed by atoms with E-state index in [1.165, 1.54) is 26.4 Å². The number of fused-ring (bicyclic) bond motifs is 2. The molecule has 5 heteroatoms. The van der Waals surface area contributed by atoms with Crippen LogP contribution in [0.5, 0.6) is 0 Å². The Morgan fingerprint density at radius 2 is 1.89 bits per heavy atom. The van der Waals surface area contributed by atoms with E-state index in [9.17, 15) is 0 Å². The summed E-state index contributed by atoms with van der Waals surface area (Å²) >= 11 is 3.58. The standard InChI is InChI=1S/C22H21N3S2/c1-15(17-7-8-20-19(13-17)23-14-26-20)25-11-9-18-21(10-12-25)27-22(24-18)16-5-3-2-4-6-16/h2-8,13-15H,9-12H2,1H3. The lowest BCUT2D eigenvalue weighted by molar-refractivity contribution is 0.221. The Kier molecular flexibility index (Phi) is 4.52. The minimum absolute atomic E-state index is 0.402. The molecule has 0 saturated carbocycles. The second-order valence-corrected chi connectivity index (χ2v) is 9.02. The van der Waals surface area contributed by atoms with Gasteiger partial charge in [0.25, 0.3) is 0 Å². The highest BCUT2D eigenvalue weighted by Gasteiger charge is 2.23. The van der Waals surface area contributed by atoms with Gasteiger partial charge in [0, 0.05) is 36.0 Å². The van der Waals surface area contributed by atoms with E-state index < -0.39 is 0 Å². The van der Waals surface area contributed by atoms with Gasteiger partial charge in [0.15, 0.2) is 0 Å². The van der Waals surface area contributed by atoms with Crippen LogP contribution in [-0.4, -0.2) is 28.0 Å². The maximum absolute atomic E-state index is 4.96. The molecule has 0 saturated heterocycles. The van der Waals surface area contributed by atoms with E-state index in [2.05, 4.69) is 65.3 Å². The van der Waals surface area contributed by atoms with Gasteiger partial charge >= 0.3 is 0 Å². The van der Waals surface area contributed by atoms with Crippen LogP contribution >= 0.6 is 22.7 Å². The predicted octanol–water partition coefficient (Wildman–Crippen LogP) is 5.58. The van der Waals surface area contributed by atoms with Crippen molar-refractivity contribution in [2.75, 3.05) is 13.1 Å². The molecule has 1 aliphatic heterocycles. The average Bonchev–Trinajstić information content (AvgIpc) is 3.30. The molecule has 0 bridgehead atoms. The number of rotatable bonds is 3. The van der Waals surface area contributed by atoms with E-state index >= 15 is 0 Å². The normalized spacial score (nSPS) is 16.2. The first-order valence-electron chi connectivity index (χ1n) is 9.39. The molecule has 136 valence electrons. The summed E-state index contributed by atoms with van der Waals surface area (Å²) in [5.41, 5.74) is 6.93. The lowest BCUT2D eigenvalue weighted by Crippen LogP contribution is -2.29. The van der Waals surface area contributed by atoms with E-state index in [0.717, 1.165) is 36.5 Å². The lowest BCUT2D eigenvalue weighted by atomic mass is 10.1. The van der Waals surface area contributed by atoms with E-state index in [4.69, 9.17) is 4.98 Å². The third-order valence-corrected chi connectivity index (χ3v) is 7.46. The Hall–Kier alpha value is -2.08. The van der Waals surface area contributed by atoms with Crippen molar-refractivity contribution in [3.05, 3.63) is 70.2 Å². The van der Waals surface area contributed by atoms with Crippen molar-refractivity contribution < 1.29 is 0 Å². The van der Waals surface area contributed by atoms with Gasteiger partial charge in [0.2, 0.25) is 0 Å². The molecule has 0 radical (unpaired) electrons. The summed E-state index contributed by atoms with van der Waals surface area (Å²) < 4.78 is 1.27. The van der Waals surface area contributed by atoms with Crippen LogP contribution < -0.4 is 0 Å². The summed E-state index contributed by atoms with van der Waals surface area (Å²) in [6, 6.07) is 17.7. The van der Waals surface area contributed by atoms with Gasteiger partial charge in [-0.25, -0.2) is 9.97 Å². The van der Waals surface area contributed by atoms with Crippen LogP contribution in [-0.2, 0) is 12.8 Å². The number of hydrogen-bond acceptors (Lipinski definition) is 5. The molecule has 4 aromatic rings. The molecule has 2 aromatic carbocycles. The van der Waals surface area contributed by atoms with Crippen LogP contribution in [0, 0.1) is 0 Å². The molecule has 0 spiro atoms. The SMILES string of the molecule is CC(c1ccc2scnc2c1)N1CCc2nc(-c3ccccc3)sc2CC1. The minimum atomic E-state index is 0.402. The largest absolute Gasteiger partial charge is 0.296 e. The van der Waals surface area contributed by atoms with E-state index in [1.807, 2.05) is 16.8 Å². The topological polar surface area (TPSA) is 29.0 Å². The molecular formula is C22H21N3S2. The van der Waals surface area contributed by atoms with Gasteiger partial charge in [-0.1, -0.05) is 36.4 Å². The molecule has 1 unspecified atom stereocenters. The van der Waals surface area contributed by atoms with E-state index in [1.54, 1.807) is 11.3 Å². The van der Waals surface area contributed by atoms with Gasteiger partial charge in [-0.15, -0.1) is 22.7 Å². The molecular weight excluding hydrogens is 370 g/mol. The Morgan fingerprint density at radius 1 is 1.04 bits per heavy atom. The first-order chi connectivity index (χ1) is 13.3. The fourth-order valence-corrected chi connectivity index (χ4v) is 5.58. The minimum Gasteiger partial charge on any atom is -0.296 e. The monoisotopic (exact) mass is 391 g/mol. The summed E-state index contributed by atoms with van der Waals surface area (Å²) in [7, 11) is 0. The van der Waals surface area contributed by atoms with E-state index in [-0.39, 0.29) is 0 Å². The highest BCUT2D eigenvalue weighted by molar-refractivity contribution is 7.16. The van der Waals surface area contributed by atoms with Crippen LogP contribution in [0.1, 0.15) is 29.1 Å². The van der Waals surface area contributed by atoms with Crippen LogP contribution in [0.2, 0.25) is 0 Å². The molecule has 5 rings (SSSR count). The van der Waals surface area contributed by atoms with Crippen molar-refractivity contribution in [3.8, 4) is 10.6 Å². The molecule has 3 nitrogen and oxygen atoms in total. The quantitative estimate of drug-likeness (QED) is 0.456. The van der Waals surface area contributed by atoms with Crippen molar-refractivity contribution in [1.82, 2.24) is 14.9 Å². The maximum Gasteiger partial charge on any atom is 0.123 e. The van der Waals surface area contributed by atoms with E-state index in [0.29, 0.717) is 6.04 Å². The number of nitrogens with zero attached hydrogens (tertiary/aromatic N) is 3. The van der Waals surface area contributed by atoms with Gasteiger partial charge in [0.1, 0.15) is 5.01 Å². The van der Waals surface area contributed by atoms with Crippen molar-refractivity contribution in [1.29, 1.82) is 0 Å². The maximum atomic E-state index is 4.96. The number of benzene rings is 2. The molecule has 3 heterocycles.